The minimum absolute atomic E-state index is 0.225. The number of esters is 1. The summed E-state index contributed by atoms with van der Waals surface area (Å²) < 4.78 is 5.97. The highest BCUT2D eigenvalue weighted by atomic mass is 16.6. The number of piperidine rings is 1. The number of phenolic OH excluding ortho intramolecular Hbond substituents is 1. The standard InChI is InChI=1S/C23H21NO3/c25-18-7-9-19-17(14-18)6-8-20-21(19)23(27-22(20)26)10-12-24(13-11-23)15-16-4-2-1-3-5-16/h1-9,14,25H,10-13,15H2. The predicted molar refractivity (Wildman–Crippen MR) is 104 cm³/mol. The minimum Gasteiger partial charge on any atom is -0.508 e. The van der Waals surface area contributed by atoms with Crippen molar-refractivity contribution in [2.75, 3.05) is 13.1 Å². The maximum absolute atomic E-state index is 12.5. The maximum Gasteiger partial charge on any atom is 0.339 e. The van der Waals surface area contributed by atoms with Gasteiger partial charge in [0.1, 0.15) is 11.4 Å². The Hall–Kier alpha value is -2.85. The molecule has 0 amide bonds. The topological polar surface area (TPSA) is 49.8 Å². The summed E-state index contributed by atoms with van der Waals surface area (Å²) in [4.78, 5) is 15.0. The summed E-state index contributed by atoms with van der Waals surface area (Å²) >= 11 is 0. The van der Waals surface area contributed by atoms with E-state index in [4.69, 9.17) is 4.74 Å². The van der Waals surface area contributed by atoms with Gasteiger partial charge in [-0.3, -0.25) is 4.90 Å². The molecule has 4 nitrogen and oxygen atoms in total. The number of likely N-dealkylation sites (tertiary alicyclic amines) is 1. The number of carbonyl (C=O) groups is 1. The van der Waals surface area contributed by atoms with Gasteiger partial charge in [-0.1, -0.05) is 42.5 Å². The van der Waals surface area contributed by atoms with Crippen molar-refractivity contribution in [1.82, 2.24) is 4.90 Å². The van der Waals surface area contributed by atoms with E-state index in [1.54, 1.807) is 12.1 Å². The second-order valence-electron chi connectivity index (χ2n) is 7.54. The third-order valence-electron chi connectivity index (χ3n) is 5.88. The van der Waals surface area contributed by atoms with Crippen LogP contribution in [0.4, 0.5) is 0 Å². The highest BCUT2D eigenvalue weighted by Crippen LogP contribution is 2.47. The van der Waals surface area contributed by atoms with Crippen LogP contribution < -0.4 is 0 Å². The first kappa shape index (κ1) is 16.3. The fourth-order valence-corrected chi connectivity index (χ4v) is 4.53. The molecule has 1 fully saturated rings. The molecule has 2 aliphatic heterocycles. The van der Waals surface area contributed by atoms with Gasteiger partial charge < -0.3 is 9.84 Å². The van der Waals surface area contributed by atoms with Crippen molar-refractivity contribution in [3.63, 3.8) is 0 Å². The van der Waals surface area contributed by atoms with Crippen LogP contribution in [-0.2, 0) is 16.9 Å². The normalized spacial score (nSPS) is 18.6. The molecule has 1 saturated heterocycles. The summed E-state index contributed by atoms with van der Waals surface area (Å²) in [6, 6.07) is 19.5. The first-order valence-corrected chi connectivity index (χ1v) is 9.40. The molecule has 0 bridgehead atoms. The Morgan fingerprint density at radius 1 is 1.00 bits per heavy atom. The van der Waals surface area contributed by atoms with Gasteiger partial charge in [-0.05, 0) is 34.5 Å². The van der Waals surface area contributed by atoms with Gasteiger partial charge in [0, 0.05) is 38.0 Å². The third kappa shape index (κ3) is 2.68. The quantitative estimate of drug-likeness (QED) is 0.697. The molecule has 0 aliphatic carbocycles. The van der Waals surface area contributed by atoms with Gasteiger partial charge in [0.05, 0.1) is 5.56 Å². The van der Waals surface area contributed by atoms with E-state index in [0.717, 1.165) is 48.8 Å². The Morgan fingerprint density at radius 3 is 2.56 bits per heavy atom. The number of nitrogens with zero attached hydrogens (tertiary/aromatic N) is 1. The molecule has 0 aromatic heterocycles. The van der Waals surface area contributed by atoms with Crippen molar-refractivity contribution >= 4 is 16.7 Å². The molecule has 1 spiro atoms. The molecule has 4 heteroatoms. The van der Waals surface area contributed by atoms with Gasteiger partial charge in [0.25, 0.3) is 0 Å². The lowest BCUT2D eigenvalue weighted by molar-refractivity contribution is -0.0434. The van der Waals surface area contributed by atoms with Crippen molar-refractivity contribution in [3.8, 4) is 5.75 Å². The summed E-state index contributed by atoms with van der Waals surface area (Å²) in [7, 11) is 0. The number of carbonyl (C=O) groups excluding carboxylic acids is 1. The molecule has 0 radical (unpaired) electrons. The number of fused-ring (bicyclic) bond motifs is 4. The van der Waals surface area contributed by atoms with E-state index in [9.17, 15) is 9.90 Å². The van der Waals surface area contributed by atoms with Crippen LogP contribution in [0.1, 0.15) is 34.3 Å². The van der Waals surface area contributed by atoms with E-state index >= 15 is 0 Å². The lowest BCUT2D eigenvalue weighted by atomic mass is 9.81. The van der Waals surface area contributed by atoms with Gasteiger partial charge in [0.2, 0.25) is 0 Å². The molecule has 3 aromatic carbocycles. The van der Waals surface area contributed by atoms with E-state index in [2.05, 4.69) is 29.2 Å². The Labute approximate surface area is 158 Å². The van der Waals surface area contributed by atoms with Crippen LogP contribution in [0.25, 0.3) is 10.8 Å². The van der Waals surface area contributed by atoms with Gasteiger partial charge in [-0.25, -0.2) is 4.79 Å². The largest absolute Gasteiger partial charge is 0.508 e. The molecule has 0 atom stereocenters. The van der Waals surface area contributed by atoms with E-state index < -0.39 is 5.60 Å². The summed E-state index contributed by atoms with van der Waals surface area (Å²) in [6.45, 7) is 2.69. The van der Waals surface area contributed by atoms with Crippen LogP contribution in [0.2, 0.25) is 0 Å². The number of hydrogen-bond acceptors (Lipinski definition) is 4. The summed E-state index contributed by atoms with van der Waals surface area (Å²) in [5.41, 5.74) is 2.43. The van der Waals surface area contributed by atoms with Gasteiger partial charge in [0.15, 0.2) is 0 Å². The Balaban J connectivity index is 1.47. The molecule has 0 saturated carbocycles. The monoisotopic (exact) mass is 359 g/mol. The average molecular weight is 359 g/mol. The highest BCUT2D eigenvalue weighted by molar-refractivity contribution is 6.02. The van der Waals surface area contributed by atoms with Crippen LogP contribution in [0.5, 0.6) is 5.75 Å². The van der Waals surface area contributed by atoms with Crippen molar-refractivity contribution < 1.29 is 14.6 Å². The average Bonchev–Trinajstić information content (AvgIpc) is 2.96. The summed E-state index contributed by atoms with van der Waals surface area (Å²) in [5, 5.41) is 11.8. The van der Waals surface area contributed by atoms with Gasteiger partial charge >= 0.3 is 5.97 Å². The van der Waals surface area contributed by atoms with Crippen LogP contribution >= 0.6 is 0 Å². The number of hydrogen-bond donors (Lipinski definition) is 1. The van der Waals surface area contributed by atoms with Crippen LogP contribution in [0.3, 0.4) is 0 Å². The Bertz CT molecular complexity index is 1020. The summed E-state index contributed by atoms with van der Waals surface area (Å²) in [5.74, 6) is 0.0101. The van der Waals surface area contributed by atoms with Crippen LogP contribution in [0, 0.1) is 0 Å². The number of aromatic hydroxyl groups is 1. The molecule has 0 unspecified atom stereocenters. The number of ether oxygens (including phenoxy) is 1. The lowest BCUT2D eigenvalue weighted by Gasteiger charge is -2.39. The Morgan fingerprint density at radius 2 is 1.78 bits per heavy atom. The smallest absolute Gasteiger partial charge is 0.339 e. The zero-order valence-electron chi connectivity index (χ0n) is 15.0. The van der Waals surface area contributed by atoms with Crippen molar-refractivity contribution in [1.29, 1.82) is 0 Å². The Kier molecular flexibility index (Phi) is 3.69. The van der Waals surface area contributed by atoms with E-state index in [1.165, 1.54) is 5.56 Å². The maximum atomic E-state index is 12.5. The highest BCUT2D eigenvalue weighted by Gasteiger charge is 2.48. The lowest BCUT2D eigenvalue weighted by Crippen LogP contribution is -2.42. The molecule has 2 aliphatic rings. The van der Waals surface area contributed by atoms with Crippen molar-refractivity contribution in [3.05, 3.63) is 77.4 Å². The van der Waals surface area contributed by atoms with E-state index in [0.29, 0.717) is 5.56 Å². The zero-order valence-corrected chi connectivity index (χ0v) is 15.0. The van der Waals surface area contributed by atoms with E-state index in [1.807, 2.05) is 24.3 Å². The van der Waals surface area contributed by atoms with Gasteiger partial charge in [-0.15, -0.1) is 0 Å². The van der Waals surface area contributed by atoms with Gasteiger partial charge in [-0.2, -0.15) is 0 Å². The number of rotatable bonds is 2. The molecular formula is C23H21NO3. The molecule has 3 aromatic rings. The first-order valence-electron chi connectivity index (χ1n) is 9.40. The molecular weight excluding hydrogens is 338 g/mol. The molecule has 27 heavy (non-hydrogen) atoms. The van der Waals surface area contributed by atoms with Crippen LogP contribution in [0.15, 0.2) is 60.7 Å². The molecule has 5 rings (SSSR count). The number of phenols is 1. The predicted octanol–water partition coefficient (Wildman–Crippen LogP) is 4.21. The molecule has 2 heterocycles. The zero-order chi connectivity index (χ0) is 18.4. The van der Waals surface area contributed by atoms with Crippen LogP contribution in [-0.4, -0.2) is 29.1 Å². The van der Waals surface area contributed by atoms with Crippen molar-refractivity contribution in [2.24, 2.45) is 0 Å². The minimum atomic E-state index is -0.546. The first-order chi connectivity index (χ1) is 13.1. The number of benzene rings is 3. The SMILES string of the molecule is O=C1OC2(CCN(Cc3ccccc3)CC2)c2c1ccc1cc(O)ccc21. The second kappa shape index (κ2) is 6.10. The second-order valence-corrected chi connectivity index (χ2v) is 7.54. The fraction of sp³-hybridized carbons (Fsp3) is 0.261. The summed E-state index contributed by atoms with van der Waals surface area (Å²) in [6.07, 6.45) is 1.58. The molecule has 1 N–H and O–H groups in total. The van der Waals surface area contributed by atoms with E-state index in [-0.39, 0.29) is 11.7 Å². The third-order valence-corrected chi connectivity index (χ3v) is 5.88. The van der Waals surface area contributed by atoms with Crippen molar-refractivity contribution in [2.45, 2.75) is 25.0 Å². The fourth-order valence-electron chi connectivity index (χ4n) is 4.53. The molecule has 136 valence electrons.